The third-order valence-electron chi connectivity index (χ3n) is 4.11. The Bertz CT molecular complexity index is 405. The fourth-order valence-electron chi connectivity index (χ4n) is 2.89. The molecule has 1 fully saturated rings. The molecule has 1 aliphatic rings. The topological polar surface area (TPSA) is 33.5 Å². The highest BCUT2D eigenvalue weighted by Gasteiger charge is 2.17. The summed E-state index contributed by atoms with van der Waals surface area (Å²) in [5.41, 5.74) is 0. The maximum absolute atomic E-state index is 12.1. The van der Waals surface area contributed by atoms with Gasteiger partial charge in [-0.05, 0) is 31.4 Å². The van der Waals surface area contributed by atoms with Crippen LogP contribution in [0.3, 0.4) is 0 Å². The predicted molar refractivity (Wildman–Crippen MR) is 75.7 cm³/mol. The van der Waals surface area contributed by atoms with Gasteiger partial charge >= 0.3 is 0 Å². The molecule has 0 spiro atoms. The quantitative estimate of drug-likeness (QED) is 0.807. The molecule has 0 atom stereocenters. The normalized spacial score (nSPS) is 16.5. The molecule has 19 heavy (non-hydrogen) atoms. The zero-order chi connectivity index (χ0) is 13.7. The van der Waals surface area contributed by atoms with Gasteiger partial charge in [0.25, 0.3) is 0 Å². The molecule has 0 unspecified atom stereocenters. The van der Waals surface area contributed by atoms with Crippen molar-refractivity contribution < 1.29 is 9.21 Å². The summed E-state index contributed by atoms with van der Waals surface area (Å²) < 4.78 is 5.50. The van der Waals surface area contributed by atoms with Crippen molar-refractivity contribution in [3.63, 3.8) is 0 Å². The van der Waals surface area contributed by atoms with Crippen LogP contribution in [0.1, 0.15) is 56.5 Å². The maximum atomic E-state index is 12.1. The molecule has 106 valence electrons. The number of furan rings is 1. The Kier molecular flexibility index (Phi) is 5.06. The number of carbonyl (C=O) groups is 1. The standard InChI is InChI=1S/C16H25NO2/c1-13-8-10-15(19-13)12-17(2)16(18)11-9-14-6-4-3-5-7-14/h8,10,14H,3-7,9,11-12H2,1-2H3. The van der Waals surface area contributed by atoms with E-state index in [1.807, 2.05) is 26.1 Å². The predicted octanol–water partition coefficient (Wildman–Crippen LogP) is 3.91. The monoisotopic (exact) mass is 263 g/mol. The highest BCUT2D eigenvalue weighted by Crippen LogP contribution is 2.27. The van der Waals surface area contributed by atoms with Crippen molar-refractivity contribution in [3.8, 4) is 0 Å². The molecular weight excluding hydrogens is 238 g/mol. The van der Waals surface area contributed by atoms with Crippen LogP contribution in [0.25, 0.3) is 0 Å². The first-order valence-corrected chi connectivity index (χ1v) is 7.44. The van der Waals surface area contributed by atoms with E-state index in [1.54, 1.807) is 4.90 Å². The van der Waals surface area contributed by atoms with Crippen molar-refractivity contribution in [2.24, 2.45) is 5.92 Å². The second-order valence-electron chi connectivity index (χ2n) is 5.80. The SMILES string of the molecule is Cc1ccc(CN(C)C(=O)CCC2CCCCC2)o1. The molecular formula is C16H25NO2. The third-order valence-corrected chi connectivity index (χ3v) is 4.11. The number of hydrogen-bond donors (Lipinski definition) is 0. The molecule has 0 aliphatic heterocycles. The largest absolute Gasteiger partial charge is 0.464 e. The molecule has 1 aromatic rings. The minimum absolute atomic E-state index is 0.236. The highest BCUT2D eigenvalue weighted by atomic mass is 16.3. The molecule has 0 aromatic carbocycles. The average Bonchev–Trinajstić information content (AvgIpc) is 2.82. The van der Waals surface area contributed by atoms with Gasteiger partial charge in [0.05, 0.1) is 6.54 Å². The van der Waals surface area contributed by atoms with Gasteiger partial charge in [-0.3, -0.25) is 4.79 Å². The zero-order valence-corrected chi connectivity index (χ0v) is 12.2. The van der Waals surface area contributed by atoms with E-state index in [-0.39, 0.29) is 5.91 Å². The van der Waals surface area contributed by atoms with Crippen LogP contribution < -0.4 is 0 Å². The Hall–Kier alpha value is -1.25. The van der Waals surface area contributed by atoms with Gasteiger partial charge in [0.15, 0.2) is 0 Å². The van der Waals surface area contributed by atoms with E-state index in [0.29, 0.717) is 13.0 Å². The zero-order valence-electron chi connectivity index (χ0n) is 12.2. The Morgan fingerprint density at radius 1 is 1.32 bits per heavy atom. The molecule has 3 nitrogen and oxygen atoms in total. The van der Waals surface area contributed by atoms with Gasteiger partial charge in [-0.15, -0.1) is 0 Å². The van der Waals surface area contributed by atoms with Crippen molar-refractivity contribution in [2.75, 3.05) is 7.05 Å². The van der Waals surface area contributed by atoms with Crippen molar-refractivity contribution in [1.29, 1.82) is 0 Å². The molecule has 0 saturated heterocycles. The van der Waals surface area contributed by atoms with Crippen molar-refractivity contribution >= 4 is 5.91 Å². The van der Waals surface area contributed by atoms with Crippen LogP contribution in [0.4, 0.5) is 0 Å². The van der Waals surface area contributed by atoms with Crippen LogP contribution in [0, 0.1) is 12.8 Å². The lowest BCUT2D eigenvalue weighted by Crippen LogP contribution is -2.26. The molecule has 1 aromatic heterocycles. The summed E-state index contributed by atoms with van der Waals surface area (Å²) in [4.78, 5) is 13.9. The minimum atomic E-state index is 0.236. The second kappa shape index (κ2) is 6.78. The summed E-state index contributed by atoms with van der Waals surface area (Å²) in [5.74, 6) is 2.78. The molecule has 3 heteroatoms. The molecule has 1 aliphatic carbocycles. The van der Waals surface area contributed by atoms with Gasteiger partial charge in [-0.25, -0.2) is 0 Å². The fraction of sp³-hybridized carbons (Fsp3) is 0.688. The van der Waals surface area contributed by atoms with E-state index in [4.69, 9.17) is 4.42 Å². The number of aryl methyl sites for hydroxylation is 1. The first kappa shape index (κ1) is 14.2. The fourth-order valence-corrected chi connectivity index (χ4v) is 2.89. The summed E-state index contributed by atoms with van der Waals surface area (Å²) in [6.45, 7) is 2.51. The third kappa shape index (κ3) is 4.41. The Labute approximate surface area is 116 Å². The highest BCUT2D eigenvalue weighted by molar-refractivity contribution is 5.75. The van der Waals surface area contributed by atoms with Crippen molar-refractivity contribution in [2.45, 2.75) is 58.4 Å². The Morgan fingerprint density at radius 2 is 2.05 bits per heavy atom. The molecule has 1 saturated carbocycles. The van der Waals surface area contributed by atoms with Crippen LogP contribution in [-0.2, 0) is 11.3 Å². The average molecular weight is 263 g/mol. The van der Waals surface area contributed by atoms with Gasteiger partial charge in [-0.1, -0.05) is 32.1 Å². The smallest absolute Gasteiger partial charge is 0.222 e. The molecule has 0 N–H and O–H groups in total. The lowest BCUT2D eigenvalue weighted by atomic mass is 9.86. The van der Waals surface area contributed by atoms with E-state index in [9.17, 15) is 4.79 Å². The number of carbonyl (C=O) groups excluding carboxylic acids is 1. The van der Waals surface area contributed by atoms with E-state index in [0.717, 1.165) is 23.9 Å². The molecule has 1 heterocycles. The Morgan fingerprint density at radius 3 is 2.68 bits per heavy atom. The van der Waals surface area contributed by atoms with Gasteiger partial charge in [0, 0.05) is 13.5 Å². The first-order chi connectivity index (χ1) is 9.15. The number of rotatable bonds is 5. The van der Waals surface area contributed by atoms with Crippen LogP contribution in [0.15, 0.2) is 16.5 Å². The summed E-state index contributed by atoms with van der Waals surface area (Å²) in [5, 5.41) is 0. The summed E-state index contributed by atoms with van der Waals surface area (Å²) in [6, 6.07) is 3.88. The number of amides is 1. The van der Waals surface area contributed by atoms with Gasteiger partial charge in [-0.2, -0.15) is 0 Å². The molecule has 0 bridgehead atoms. The van der Waals surface area contributed by atoms with Gasteiger partial charge in [0.1, 0.15) is 11.5 Å². The van der Waals surface area contributed by atoms with Gasteiger partial charge in [0.2, 0.25) is 5.91 Å². The summed E-state index contributed by atoms with van der Waals surface area (Å²) >= 11 is 0. The minimum Gasteiger partial charge on any atom is -0.464 e. The van der Waals surface area contributed by atoms with Crippen molar-refractivity contribution in [3.05, 3.63) is 23.7 Å². The summed E-state index contributed by atoms with van der Waals surface area (Å²) in [7, 11) is 1.86. The van der Waals surface area contributed by atoms with E-state index < -0.39 is 0 Å². The number of hydrogen-bond acceptors (Lipinski definition) is 2. The van der Waals surface area contributed by atoms with Crippen molar-refractivity contribution in [1.82, 2.24) is 4.90 Å². The molecule has 0 radical (unpaired) electrons. The van der Waals surface area contributed by atoms with E-state index in [2.05, 4.69) is 0 Å². The van der Waals surface area contributed by atoms with E-state index >= 15 is 0 Å². The maximum Gasteiger partial charge on any atom is 0.222 e. The van der Waals surface area contributed by atoms with Gasteiger partial charge < -0.3 is 9.32 Å². The second-order valence-corrected chi connectivity index (χ2v) is 5.80. The van der Waals surface area contributed by atoms with Crippen LogP contribution in [-0.4, -0.2) is 17.9 Å². The van der Waals surface area contributed by atoms with Crippen LogP contribution in [0.5, 0.6) is 0 Å². The van der Waals surface area contributed by atoms with Crippen LogP contribution in [0.2, 0.25) is 0 Å². The van der Waals surface area contributed by atoms with E-state index in [1.165, 1.54) is 32.1 Å². The molecule has 1 amide bonds. The first-order valence-electron chi connectivity index (χ1n) is 7.44. The number of nitrogens with zero attached hydrogens (tertiary/aromatic N) is 1. The van der Waals surface area contributed by atoms with Crippen LogP contribution >= 0.6 is 0 Å². The lowest BCUT2D eigenvalue weighted by molar-refractivity contribution is -0.131. The Balaban J connectivity index is 1.72. The lowest BCUT2D eigenvalue weighted by Gasteiger charge is -2.22. The molecule has 2 rings (SSSR count). The summed E-state index contributed by atoms with van der Waals surface area (Å²) in [6.07, 6.45) is 8.44.